The molecule has 3 N–H and O–H groups in total. The molecule has 4 heteroatoms. The number of carbonyl (C=O) groups excluding carboxylic acids is 1. The minimum atomic E-state index is -0.884. The van der Waals surface area contributed by atoms with Gasteiger partial charge in [-0.1, -0.05) is 302 Å². The predicted octanol–water partition coefficient (Wildman–Crippen LogP) is 20.8. The van der Waals surface area contributed by atoms with Crippen molar-refractivity contribution < 1.29 is 15.0 Å². The number of aliphatic hydroxyl groups excluding tert-OH is 2. The van der Waals surface area contributed by atoms with Crippen LogP contribution in [0.4, 0.5) is 0 Å². The maximum atomic E-state index is 12.5. The first-order valence-corrected chi connectivity index (χ1v) is 30.7. The molecule has 0 rings (SSSR count). The van der Waals surface area contributed by atoms with Crippen molar-refractivity contribution in [3.8, 4) is 0 Å². The average Bonchev–Trinajstić information content (AvgIpc) is 3.39. The lowest BCUT2D eigenvalue weighted by Gasteiger charge is -2.19. The summed E-state index contributed by atoms with van der Waals surface area (Å²) in [5.41, 5.74) is 0. The Hall–Kier alpha value is -3.21. The zero-order valence-electron chi connectivity index (χ0n) is 47.4. The van der Waals surface area contributed by atoms with Crippen molar-refractivity contribution in [3.05, 3.63) is 122 Å². The third-order valence-electron chi connectivity index (χ3n) is 13.4. The zero-order chi connectivity index (χ0) is 52.0. The Morgan fingerprint density at radius 1 is 0.347 bits per heavy atom. The maximum Gasteiger partial charge on any atom is 0.220 e. The van der Waals surface area contributed by atoms with Crippen LogP contribution in [0.15, 0.2) is 122 Å². The molecule has 0 fully saturated rings. The van der Waals surface area contributed by atoms with Gasteiger partial charge in [0.25, 0.3) is 0 Å². The average molecular weight is 997 g/mol. The van der Waals surface area contributed by atoms with Crippen molar-refractivity contribution in [3.63, 3.8) is 0 Å². The van der Waals surface area contributed by atoms with Crippen LogP contribution in [0.1, 0.15) is 284 Å². The lowest BCUT2D eigenvalue weighted by molar-refractivity contribution is -0.123. The second-order valence-corrected chi connectivity index (χ2v) is 20.4. The largest absolute Gasteiger partial charge is 0.394 e. The molecule has 0 aliphatic heterocycles. The fourth-order valence-corrected chi connectivity index (χ4v) is 8.80. The molecular formula is C68H117NO3. The van der Waals surface area contributed by atoms with E-state index in [0.717, 1.165) is 103 Å². The smallest absolute Gasteiger partial charge is 0.220 e. The number of unbranched alkanes of at least 4 members (excludes halogenated alkanes) is 30. The van der Waals surface area contributed by atoms with Crippen molar-refractivity contribution in [2.45, 2.75) is 296 Å². The van der Waals surface area contributed by atoms with Gasteiger partial charge in [-0.05, 0) is 96.3 Å². The summed E-state index contributed by atoms with van der Waals surface area (Å²) in [6, 6.07) is -0.664. The highest BCUT2D eigenvalue weighted by Gasteiger charge is 2.18. The lowest BCUT2D eigenvalue weighted by atomic mass is 10.0. The Bertz CT molecular complexity index is 1410. The summed E-state index contributed by atoms with van der Waals surface area (Å²) >= 11 is 0. The highest BCUT2D eigenvalue weighted by Crippen LogP contribution is 2.17. The van der Waals surface area contributed by atoms with E-state index in [4.69, 9.17) is 0 Å². The minimum absolute atomic E-state index is 0.101. The molecule has 0 radical (unpaired) electrons. The quantitative estimate of drug-likeness (QED) is 0.0420. The van der Waals surface area contributed by atoms with Gasteiger partial charge in [0.05, 0.1) is 18.8 Å². The summed E-state index contributed by atoms with van der Waals surface area (Å²) in [6.45, 7) is 4.19. The van der Waals surface area contributed by atoms with E-state index in [0.29, 0.717) is 6.42 Å². The Morgan fingerprint density at radius 3 is 0.972 bits per heavy atom. The molecule has 412 valence electrons. The highest BCUT2D eigenvalue weighted by atomic mass is 16.3. The molecule has 0 aromatic heterocycles. The van der Waals surface area contributed by atoms with Crippen LogP contribution in [0.25, 0.3) is 0 Å². The molecule has 72 heavy (non-hydrogen) atoms. The Morgan fingerprint density at radius 2 is 0.625 bits per heavy atom. The Balaban J connectivity index is 3.62. The standard InChI is InChI=1S/C68H117NO3/c1-3-5-7-9-11-13-15-17-19-21-23-25-27-29-31-33-34-36-37-39-41-43-45-47-49-51-53-55-57-59-61-63-67(71)66(65-70)69-68(72)64-62-60-58-56-54-52-50-48-46-44-42-40-38-35-32-30-28-26-24-22-20-18-16-14-12-10-8-6-4-2/h6,8,12,14,18,20,24,26,30,32,38,40,44,46,50,52-53,55,61,63,66-67,70-71H,3-5,7,9-11,13,15-17,19,21-23,25,27-29,31,33-37,39,41-43,45,47-49,51,54,56-60,62,64-65H2,1-2H3,(H,69,72)/b8-6-,14-12-,20-18-,26-24-,32-30-,40-38-,46-44-,52-50-,55-53+,63-61+. The fourth-order valence-electron chi connectivity index (χ4n) is 8.80. The predicted molar refractivity (Wildman–Crippen MR) is 322 cm³/mol. The molecule has 4 nitrogen and oxygen atoms in total. The van der Waals surface area contributed by atoms with Gasteiger partial charge < -0.3 is 15.5 Å². The first-order valence-electron chi connectivity index (χ1n) is 30.7. The molecule has 0 aliphatic rings. The fraction of sp³-hybridized carbons (Fsp3) is 0.691. The Labute approximate surface area is 448 Å². The summed E-state index contributed by atoms with van der Waals surface area (Å²) in [6.07, 6.45) is 95.2. The van der Waals surface area contributed by atoms with Crippen LogP contribution >= 0.6 is 0 Å². The van der Waals surface area contributed by atoms with Crippen molar-refractivity contribution >= 4 is 5.91 Å². The number of nitrogens with one attached hydrogen (secondary N) is 1. The summed E-state index contributed by atoms with van der Waals surface area (Å²) in [7, 11) is 0. The topological polar surface area (TPSA) is 69.6 Å². The number of aliphatic hydroxyl groups is 2. The van der Waals surface area contributed by atoms with Gasteiger partial charge in [0.2, 0.25) is 5.91 Å². The molecule has 2 unspecified atom stereocenters. The molecule has 0 saturated heterocycles. The normalized spacial score (nSPS) is 13.7. The van der Waals surface area contributed by atoms with Gasteiger partial charge in [0, 0.05) is 6.42 Å². The number of hydrogen-bond acceptors (Lipinski definition) is 3. The molecule has 0 spiro atoms. The minimum Gasteiger partial charge on any atom is -0.394 e. The Kier molecular flexibility index (Phi) is 59.3. The van der Waals surface area contributed by atoms with Crippen molar-refractivity contribution in [1.82, 2.24) is 5.32 Å². The monoisotopic (exact) mass is 996 g/mol. The van der Waals surface area contributed by atoms with Crippen LogP contribution in [0.3, 0.4) is 0 Å². The number of rotatable bonds is 55. The molecule has 0 heterocycles. The molecule has 0 aromatic rings. The highest BCUT2D eigenvalue weighted by molar-refractivity contribution is 5.76. The third kappa shape index (κ3) is 57.7. The van der Waals surface area contributed by atoms with Crippen molar-refractivity contribution in [2.75, 3.05) is 6.61 Å². The molecule has 0 aliphatic carbocycles. The number of amides is 1. The summed E-state index contributed by atoms with van der Waals surface area (Å²) in [5.74, 6) is -0.101. The van der Waals surface area contributed by atoms with E-state index in [-0.39, 0.29) is 12.5 Å². The van der Waals surface area contributed by atoms with E-state index in [1.807, 2.05) is 6.08 Å². The summed E-state index contributed by atoms with van der Waals surface area (Å²) in [4.78, 5) is 12.5. The van der Waals surface area contributed by atoms with E-state index in [1.54, 1.807) is 6.08 Å². The number of carbonyl (C=O) groups is 1. The van der Waals surface area contributed by atoms with Crippen molar-refractivity contribution in [2.24, 2.45) is 0 Å². The third-order valence-corrected chi connectivity index (χ3v) is 13.4. The molecule has 0 saturated carbocycles. The van der Waals surface area contributed by atoms with Crippen LogP contribution in [0, 0.1) is 0 Å². The van der Waals surface area contributed by atoms with Gasteiger partial charge >= 0.3 is 0 Å². The van der Waals surface area contributed by atoms with E-state index in [1.165, 1.54) is 161 Å². The van der Waals surface area contributed by atoms with Crippen molar-refractivity contribution in [1.29, 1.82) is 0 Å². The first-order chi connectivity index (χ1) is 35.7. The molecular weight excluding hydrogens is 879 g/mol. The summed E-state index contributed by atoms with van der Waals surface area (Å²) < 4.78 is 0. The SMILES string of the molecule is CC/C=C\C/C=C\C/C=C\C/C=C\C/C=C\C/C=C\C/C=C\C/C=C\CCCCCCC(=O)NC(CO)C(O)/C=C/CC/C=C/CCCCCCCCCCCCCCCCCCCCCCCCCCC. The number of hydrogen-bond donors (Lipinski definition) is 3. The summed E-state index contributed by atoms with van der Waals surface area (Å²) in [5, 5.41) is 23.2. The van der Waals surface area contributed by atoms with E-state index in [2.05, 4.69) is 129 Å². The van der Waals surface area contributed by atoms with Gasteiger partial charge in [0.15, 0.2) is 0 Å². The second-order valence-electron chi connectivity index (χ2n) is 20.4. The van der Waals surface area contributed by atoms with Crippen LogP contribution in [-0.2, 0) is 4.79 Å². The van der Waals surface area contributed by atoms with E-state index >= 15 is 0 Å². The van der Waals surface area contributed by atoms with Gasteiger partial charge in [-0.2, -0.15) is 0 Å². The molecule has 0 bridgehead atoms. The van der Waals surface area contributed by atoms with Crippen LogP contribution < -0.4 is 5.32 Å². The molecule has 0 aromatic carbocycles. The van der Waals surface area contributed by atoms with E-state index < -0.39 is 12.1 Å². The van der Waals surface area contributed by atoms with Crippen LogP contribution in [0.5, 0.6) is 0 Å². The number of allylic oxidation sites excluding steroid dienone is 19. The van der Waals surface area contributed by atoms with Gasteiger partial charge in [0.1, 0.15) is 0 Å². The second kappa shape index (κ2) is 62.1. The van der Waals surface area contributed by atoms with Gasteiger partial charge in [-0.15, -0.1) is 0 Å². The molecule has 1 amide bonds. The zero-order valence-corrected chi connectivity index (χ0v) is 47.4. The van der Waals surface area contributed by atoms with Gasteiger partial charge in [-0.25, -0.2) is 0 Å². The van der Waals surface area contributed by atoms with Gasteiger partial charge in [-0.3, -0.25) is 4.79 Å². The maximum absolute atomic E-state index is 12.5. The molecule has 2 atom stereocenters. The van der Waals surface area contributed by atoms with Crippen LogP contribution in [-0.4, -0.2) is 34.9 Å². The lowest BCUT2D eigenvalue weighted by Crippen LogP contribution is -2.45. The van der Waals surface area contributed by atoms with Crippen LogP contribution in [0.2, 0.25) is 0 Å². The van der Waals surface area contributed by atoms with E-state index in [9.17, 15) is 15.0 Å². The first kappa shape index (κ1) is 68.8.